The molecule has 0 nitrogen and oxygen atoms in total. The third-order valence-corrected chi connectivity index (χ3v) is 27.9. The molecule has 3 aliphatic rings. The van der Waals surface area contributed by atoms with E-state index in [4.69, 9.17) is 0 Å². The topological polar surface area (TPSA) is 0 Å². The summed E-state index contributed by atoms with van der Waals surface area (Å²) in [7, 11) is 0. The second-order valence-electron chi connectivity index (χ2n) is 10.3. The Bertz CT molecular complexity index is 1400. The van der Waals surface area contributed by atoms with Gasteiger partial charge in [-0.25, -0.2) is 0 Å². The maximum Gasteiger partial charge on any atom is -0.147 e. The monoisotopic (exact) mass is 666 g/mol. The third kappa shape index (κ3) is 3.57. The van der Waals surface area contributed by atoms with E-state index in [1.807, 2.05) is 0 Å². The largest absolute Gasteiger partial charge is 0.147 e. The maximum absolute atomic E-state index is 2.71. The molecule has 0 amide bonds. The maximum atomic E-state index is 2.61. The zero-order chi connectivity index (χ0) is 22.2. The van der Waals surface area contributed by atoms with Gasteiger partial charge in [-0.15, -0.1) is 24.8 Å². The number of halogens is 2. The van der Waals surface area contributed by atoms with E-state index in [-0.39, 0.29) is 24.8 Å². The fraction of sp³-hybridized carbons (Fsp3) is 0.250. The molecule has 7 rings (SSSR count). The van der Waals surface area contributed by atoms with Gasteiger partial charge in [0, 0.05) is 0 Å². The van der Waals surface area contributed by atoms with Gasteiger partial charge in [-0.2, -0.15) is 0 Å². The molecular formula is C32H32Cl2Hf. The van der Waals surface area contributed by atoms with Gasteiger partial charge in [0.25, 0.3) is 0 Å². The van der Waals surface area contributed by atoms with E-state index >= 15 is 0 Å². The van der Waals surface area contributed by atoms with Gasteiger partial charge in [0.2, 0.25) is 0 Å². The molecule has 178 valence electrons. The van der Waals surface area contributed by atoms with Crippen LogP contribution in [0.4, 0.5) is 0 Å². The van der Waals surface area contributed by atoms with E-state index in [2.05, 4.69) is 98.8 Å². The standard InChI is InChI=1S/2C15H13.C2H4.2ClH.Hf/c2*1-2-11-9-13-8-7-12-5-3-4-6-14(12)15(13)10-11;1-2;;;/h2*3-10H,2H2,1H3;1-2H2;2*1H;. The molecule has 1 saturated heterocycles. The number of benzene rings is 4. The Labute approximate surface area is 225 Å². The summed E-state index contributed by atoms with van der Waals surface area (Å²) in [5, 5.41) is 5.68. The minimum absolute atomic E-state index is 0. The van der Waals surface area contributed by atoms with Crippen molar-refractivity contribution in [2.45, 2.75) is 42.4 Å². The molecule has 4 aromatic rings. The summed E-state index contributed by atoms with van der Waals surface area (Å²) in [6.07, 6.45) is 7.60. The molecule has 35 heavy (non-hydrogen) atoms. The van der Waals surface area contributed by atoms with Crippen LogP contribution in [0.2, 0.25) is 8.35 Å². The predicted octanol–water partition coefficient (Wildman–Crippen LogP) is 10.2. The van der Waals surface area contributed by atoms with Crippen molar-refractivity contribution in [1.82, 2.24) is 0 Å². The van der Waals surface area contributed by atoms with Crippen LogP contribution in [0, 0.1) is 0 Å². The van der Waals surface area contributed by atoms with Crippen molar-refractivity contribution in [3.63, 3.8) is 0 Å². The van der Waals surface area contributed by atoms with Gasteiger partial charge < -0.3 is 0 Å². The van der Waals surface area contributed by atoms with Gasteiger partial charge in [-0.3, -0.25) is 0 Å². The van der Waals surface area contributed by atoms with Crippen molar-refractivity contribution in [3.8, 4) is 0 Å². The van der Waals surface area contributed by atoms with Gasteiger partial charge in [0.15, 0.2) is 0 Å². The molecular weight excluding hydrogens is 634 g/mol. The van der Waals surface area contributed by atoms with Crippen LogP contribution in [-0.2, 0) is 20.0 Å². The van der Waals surface area contributed by atoms with Crippen molar-refractivity contribution >= 4 is 58.5 Å². The second kappa shape index (κ2) is 9.33. The zero-order valence-electron chi connectivity index (χ0n) is 20.4. The Morgan fingerprint density at radius 1 is 0.600 bits per heavy atom. The molecule has 0 radical (unpaired) electrons. The van der Waals surface area contributed by atoms with E-state index < -0.39 is 20.0 Å². The summed E-state index contributed by atoms with van der Waals surface area (Å²) < 4.78 is 4.63. The van der Waals surface area contributed by atoms with E-state index in [1.54, 1.807) is 41.8 Å². The van der Waals surface area contributed by atoms with Gasteiger partial charge in [0.05, 0.1) is 0 Å². The van der Waals surface area contributed by atoms with Crippen LogP contribution in [0.3, 0.4) is 0 Å². The first-order chi connectivity index (χ1) is 16.2. The van der Waals surface area contributed by atoms with Crippen LogP contribution in [-0.4, -0.2) is 0 Å². The number of hydrogen-bond acceptors (Lipinski definition) is 0. The molecule has 0 aromatic heterocycles. The molecule has 1 aliphatic heterocycles. The Balaban J connectivity index is 0.00000127. The quantitative estimate of drug-likeness (QED) is 0.190. The van der Waals surface area contributed by atoms with E-state index in [9.17, 15) is 0 Å². The van der Waals surface area contributed by atoms with Gasteiger partial charge >= 0.3 is 202 Å². The van der Waals surface area contributed by atoms with Gasteiger partial charge in [-0.05, 0) is 0 Å². The Hall–Kier alpha value is -1.67. The smallest absolute Gasteiger partial charge is 0.147 e. The number of fused-ring (bicyclic) bond motifs is 6. The fourth-order valence-corrected chi connectivity index (χ4v) is 35.7. The van der Waals surface area contributed by atoms with Crippen molar-refractivity contribution in [3.05, 3.63) is 106 Å². The van der Waals surface area contributed by atoms with Crippen molar-refractivity contribution < 1.29 is 20.0 Å². The van der Waals surface area contributed by atoms with Gasteiger partial charge in [-0.1, -0.05) is 0 Å². The zero-order valence-corrected chi connectivity index (χ0v) is 25.6. The third-order valence-electron chi connectivity index (χ3n) is 8.83. The first-order valence-electron chi connectivity index (χ1n) is 12.7. The molecule has 2 aliphatic carbocycles. The molecule has 0 spiro atoms. The molecule has 4 aromatic carbocycles. The average Bonchev–Trinajstić information content (AvgIpc) is 3.40. The SMILES string of the molecule is CCC1=Cc2c(ccc3ccccc23)[CH]1[Hf]1([CH]2C(CC)=Cc3c2ccc2ccccc32)[CH2][CH2]1.Cl.Cl. The van der Waals surface area contributed by atoms with Crippen LogP contribution in [0.25, 0.3) is 33.7 Å². The van der Waals surface area contributed by atoms with Crippen LogP contribution in [0.15, 0.2) is 83.9 Å². The van der Waals surface area contributed by atoms with Gasteiger partial charge in [0.1, 0.15) is 0 Å². The number of rotatable bonds is 4. The Morgan fingerprint density at radius 3 is 1.43 bits per heavy atom. The van der Waals surface area contributed by atoms with E-state index in [1.165, 1.54) is 34.4 Å². The Kier molecular flexibility index (Phi) is 6.66. The van der Waals surface area contributed by atoms with Crippen LogP contribution in [0.5, 0.6) is 0 Å². The number of hydrogen-bond donors (Lipinski definition) is 0. The van der Waals surface area contributed by atoms with E-state index in [0.29, 0.717) is 0 Å². The first-order valence-corrected chi connectivity index (χ1v) is 21.9. The molecule has 0 bridgehead atoms. The minimum Gasteiger partial charge on any atom is -0.147 e. The van der Waals surface area contributed by atoms with Crippen molar-refractivity contribution in [1.29, 1.82) is 0 Å². The van der Waals surface area contributed by atoms with Crippen LogP contribution < -0.4 is 0 Å². The van der Waals surface area contributed by atoms with Crippen LogP contribution in [0.1, 0.15) is 56.3 Å². The first kappa shape index (κ1) is 25.0. The van der Waals surface area contributed by atoms with E-state index in [0.717, 1.165) is 7.35 Å². The fourth-order valence-electron chi connectivity index (χ4n) is 7.25. The van der Waals surface area contributed by atoms with Crippen LogP contribution >= 0.6 is 24.8 Å². The average molecular weight is 666 g/mol. The van der Waals surface area contributed by atoms with Crippen molar-refractivity contribution in [2.75, 3.05) is 0 Å². The number of allylic oxidation sites excluding steroid dienone is 2. The molecule has 0 saturated carbocycles. The van der Waals surface area contributed by atoms with Crippen molar-refractivity contribution in [2.24, 2.45) is 0 Å². The molecule has 3 heteroatoms. The molecule has 1 heterocycles. The Morgan fingerprint density at radius 2 is 1.03 bits per heavy atom. The predicted molar refractivity (Wildman–Crippen MR) is 154 cm³/mol. The molecule has 2 unspecified atom stereocenters. The summed E-state index contributed by atoms with van der Waals surface area (Å²) >= 11 is -2.71. The molecule has 2 atom stereocenters. The summed E-state index contributed by atoms with van der Waals surface area (Å²) in [5.41, 5.74) is 9.92. The second-order valence-corrected chi connectivity index (χ2v) is 26.9. The molecule has 1 fully saturated rings. The minimum atomic E-state index is -2.71. The molecule has 0 N–H and O–H groups in total. The normalized spacial score (nSPS) is 21.0. The summed E-state index contributed by atoms with van der Waals surface area (Å²) in [6, 6.07) is 27.8. The summed E-state index contributed by atoms with van der Waals surface area (Å²) in [5.74, 6) is 0. The summed E-state index contributed by atoms with van der Waals surface area (Å²) in [4.78, 5) is 0. The summed E-state index contributed by atoms with van der Waals surface area (Å²) in [6.45, 7) is 4.78.